The Hall–Kier alpha value is -5.65. The van der Waals surface area contributed by atoms with E-state index in [1.165, 1.54) is 59.0 Å². The zero-order chi connectivity index (χ0) is 29.9. The van der Waals surface area contributed by atoms with Crippen LogP contribution in [0, 0.1) is 0 Å². The van der Waals surface area contributed by atoms with Crippen molar-refractivity contribution in [2.45, 2.75) is 12.1 Å². The second-order valence-electron chi connectivity index (χ2n) is 12.3. The van der Waals surface area contributed by atoms with Crippen LogP contribution in [-0.4, -0.2) is 15.6 Å². The fraction of sp³-hybridized carbons (Fsp3) is 0.0488. The smallest absolute Gasteiger partial charge is 0.187 e. The first-order valence-electron chi connectivity index (χ1n) is 15.7. The normalized spacial score (nSPS) is 16.8. The fourth-order valence-corrected chi connectivity index (χ4v) is 9.34. The number of benzene rings is 6. The average Bonchev–Trinajstić information content (AvgIpc) is 3.85. The van der Waals surface area contributed by atoms with E-state index in [9.17, 15) is 0 Å². The number of thiophene rings is 1. The Bertz CT molecular complexity index is 2700. The third-order valence-corrected chi connectivity index (χ3v) is 11.2. The molecule has 46 heavy (non-hydrogen) atoms. The van der Waals surface area contributed by atoms with E-state index in [4.69, 9.17) is 9.72 Å². The molecular weight excluding hydrogens is 583 g/mol. The molecule has 6 aromatic carbocycles. The SMILES string of the molecule is c1ccc2c(c1)OC1C2c2c(ccc3c2sc2ccccc23)N1c1ccc(-c2c3ccccc3n3c2cnc2ccccc23)cc1. The summed E-state index contributed by atoms with van der Waals surface area (Å²) in [5.41, 5.74) is 11.8. The lowest BCUT2D eigenvalue weighted by molar-refractivity contribution is 0.234. The standard InChI is InChI=1S/C41H25N3OS/c1-5-13-31-28(10-1)37(34-23-42-30-12-4-6-14-32(30)44(31)34)24-17-19-25(20-18-24)43-33-22-21-27-26-9-3-8-16-36(26)46-40(27)39(33)38-29-11-2-7-15-35(29)45-41(38)43/h1-23,38,41H. The minimum atomic E-state index is -0.138. The highest BCUT2D eigenvalue weighted by Gasteiger charge is 2.48. The highest BCUT2D eigenvalue weighted by atomic mass is 32.1. The van der Waals surface area contributed by atoms with Crippen LogP contribution in [-0.2, 0) is 0 Å². The van der Waals surface area contributed by atoms with Crippen LogP contribution in [0.15, 0.2) is 140 Å². The van der Waals surface area contributed by atoms with Gasteiger partial charge in [0.15, 0.2) is 6.23 Å². The summed E-state index contributed by atoms with van der Waals surface area (Å²) < 4.78 is 11.8. The molecule has 0 bridgehead atoms. The van der Waals surface area contributed by atoms with Gasteiger partial charge in [-0.15, -0.1) is 11.3 Å². The van der Waals surface area contributed by atoms with Crippen LogP contribution in [0.5, 0.6) is 5.75 Å². The number of anilines is 2. The predicted octanol–water partition coefficient (Wildman–Crippen LogP) is 10.7. The molecule has 2 unspecified atom stereocenters. The highest BCUT2D eigenvalue weighted by molar-refractivity contribution is 7.26. The van der Waals surface area contributed by atoms with E-state index in [1.54, 1.807) is 0 Å². The van der Waals surface area contributed by atoms with Crippen LogP contribution in [0.4, 0.5) is 11.4 Å². The van der Waals surface area contributed by atoms with Crippen molar-refractivity contribution in [3.05, 3.63) is 151 Å². The largest absolute Gasteiger partial charge is 0.469 e. The number of rotatable bonds is 2. The van der Waals surface area contributed by atoms with E-state index in [2.05, 4.69) is 137 Å². The number of hydrogen-bond donors (Lipinski definition) is 0. The molecule has 4 nitrogen and oxygen atoms in total. The Morgan fingerprint density at radius 3 is 2.30 bits per heavy atom. The van der Waals surface area contributed by atoms with Crippen molar-refractivity contribution < 1.29 is 4.74 Å². The van der Waals surface area contributed by atoms with Gasteiger partial charge < -0.3 is 14.0 Å². The summed E-state index contributed by atoms with van der Waals surface area (Å²) in [5, 5.41) is 3.88. The quantitative estimate of drug-likeness (QED) is 0.196. The number of nitrogens with zero attached hydrogens (tertiary/aromatic N) is 3. The second-order valence-corrected chi connectivity index (χ2v) is 13.3. The van der Waals surface area contributed by atoms with Crippen molar-refractivity contribution in [1.82, 2.24) is 9.38 Å². The summed E-state index contributed by atoms with van der Waals surface area (Å²) in [6, 6.07) is 48.0. The molecule has 216 valence electrons. The van der Waals surface area contributed by atoms with Gasteiger partial charge in [-0.3, -0.25) is 4.98 Å². The first-order valence-corrected chi connectivity index (χ1v) is 16.5. The number of para-hydroxylation sites is 4. The van der Waals surface area contributed by atoms with Gasteiger partial charge in [-0.05, 0) is 54.1 Å². The fourth-order valence-electron chi connectivity index (χ4n) is 8.06. The third-order valence-electron chi connectivity index (χ3n) is 9.97. The summed E-state index contributed by atoms with van der Waals surface area (Å²) >= 11 is 1.90. The van der Waals surface area contributed by atoms with Crippen LogP contribution in [0.2, 0.25) is 0 Å². The van der Waals surface area contributed by atoms with Crippen LogP contribution in [0.1, 0.15) is 17.0 Å². The Labute approximate surface area is 268 Å². The van der Waals surface area contributed by atoms with Gasteiger partial charge in [-0.25, -0.2) is 0 Å². The maximum Gasteiger partial charge on any atom is 0.187 e. The molecule has 0 amide bonds. The Balaban J connectivity index is 1.10. The molecule has 9 aromatic rings. The lowest BCUT2D eigenvalue weighted by Crippen LogP contribution is -2.32. The van der Waals surface area contributed by atoms with Crippen molar-refractivity contribution in [3.63, 3.8) is 0 Å². The maximum absolute atomic E-state index is 6.78. The van der Waals surface area contributed by atoms with Gasteiger partial charge in [0.2, 0.25) is 0 Å². The van der Waals surface area contributed by atoms with Gasteiger partial charge in [-0.2, -0.15) is 0 Å². The molecule has 0 aliphatic carbocycles. The topological polar surface area (TPSA) is 29.8 Å². The minimum absolute atomic E-state index is 0.138. The van der Waals surface area contributed by atoms with Crippen molar-refractivity contribution in [2.24, 2.45) is 0 Å². The van der Waals surface area contributed by atoms with Gasteiger partial charge in [0.25, 0.3) is 0 Å². The van der Waals surface area contributed by atoms with E-state index in [0.29, 0.717) is 0 Å². The van der Waals surface area contributed by atoms with Crippen molar-refractivity contribution in [1.29, 1.82) is 0 Å². The number of aromatic nitrogens is 2. The highest BCUT2D eigenvalue weighted by Crippen LogP contribution is 2.58. The third kappa shape index (κ3) is 3.15. The van der Waals surface area contributed by atoms with Crippen LogP contribution in [0.25, 0.3) is 58.8 Å². The zero-order valence-corrected chi connectivity index (χ0v) is 25.4. The van der Waals surface area contributed by atoms with E-state index in [-0.39, 0.29) is 12.1 Å². The summed E-state index contributed by atoms with van der Waals surface area (Å²) in [7, 11) is 0. The van der Waals surface area contributed by atoms with Gasteiger partial charge in [0.1, 0.15) is 5.75 Å². The first-order chi connectivity index (χ1) is 22.8. The Morgan fingerprint density at radius 2 is 1.39 bits per heavy atom. The molecular formula is C41H25N3OS. The summed E-state index contributed by atoms with van der Waals surface area (Å²) in [6.07, 6.45) is 1.88. The number of hydrogen-bond acceptors (Lipinski definition) is 4. The Morgan fingerprint density at radius 1 is 0.630 bits per heavy atom. The molecule has 0 saturated carbocycles. The van der Waals surface area contributed by atoms with Crippen molar-refractivity contribution in [3.8, 4) is 16.9 Å². The van der Waals surface area contributed by atoms with Gasteiger partial charge in [-0.1, -0.05) is 84.9 Å². The summed E-state index contributed by atoms with van der Waals surface area (Å²) in [6.45, 7) is 0. The van der Waals surface area contributed by atoms with Gasteiger partial charge in [0.05, 0.1) is 39.9 Å². The number of fused-ring (bicyclic) bond motifs is 14. The van der Waals surface area contributed by atoms with E-state index < -0.39 is 0 Å². The van der Waals surface area contributed by atoms with Crippen LogP contribution < -0.4 is 9.64 Å². The maximum atomic E-state index is 6.78. The van der Waals surface area contributed by atoms with E-state index in [1.807, 2.05) is 23.6 Å². The minimum Gasteiger partial charge on any atom is -0.469 e. The first kappa shape index (κ1) is 24.6. The van der Waals surface area contributed by atoms with E-state index in [0.717, 1.165) is 28.0 Å². The molecule has 0 fully saturated rings. The zero-order valence-electron chi connectivity index (χ0n) is 24.6. The van der Waals surface area contributed by atoms with Crippen LogP contribution in [0.3, 0.4) is 0 Å². The lowest BCUT2D eigenvalue weighted by atomic mass is 9.92. The van der Waals surface area contributed by atoms with Crippen LogP contribution >= 0.6 is 11.3 Å². The molecule has 5 heteroatoms. The molecule has 0 spiro atoms. The van der Waals surface area contributed by atoms with Crippen molar-refractivity contribution in [2.75, 3.05) is 4.90 Å². The van der Waals surface area contributed by atoms with Gasteiger partial charge >= 0.3 is 0 Å². The monoisotopic (exact) mass is 607 g/mol. The number of ether oxygens (including phenoxy) is 1. The predicted molar refractivity (Wildman–Crippen MR) is 190 cm³/mol. The average molecular weight is 608 g/mol. The molecule has 11 rings (SSSR count). The summed E-state index contributed by atoms with van der Waals surface area (Å²) in [4.78, 5) is 7.26. The summed E-state index contributed by atoms with van der Waals surface area (Å²) in [5.74, 6) is 1.12. The molecule has 0 N–H and O–H groups in total. The molecule has 2 atom stereocenters. The molecule has 0 radical (unpaired) electrons. The molecule has 3 aromatic heterocycles. The van der Waals surface area contributed by atoms with Gasteiger partial charge in [0, 0.05) is 47.9 Å². The van der Waals surface area contributed by atoms with Crippen molar-refractivity contribution >= 4 is 70.3 Å². The Kier molecular flexibility index (Phi) is 4.80. The van der Waals surface area contributed by atoms with E-state index >= 15 is 0 Å². The molecule has 2 aliphatic rings. The lowest BCUT2D eigenvalue weighted by Gasteiger charge is -2.27. The molecule has 0 saturated heterocycles. The second kappa shape index (κ2) is 8.96. The molecule has 2 aliphatic heterocycles. The molecule has 5 heterocycles.